The Hall–Kier alpha value is -2.09. The van der Waals surface area contributed by atoms with Crippen LogP contribution in [0.3, 0.4) is 0 Å². The van der Waals surface area contributed by atoms with Gasteiger partial charge in [0.05, 0.1) is 0 Å². The highest BCUT2D eigenvalue weighted by molar-refractivity contribution is 5.89. The molecule has 2 aromatic carbocycles. The Morgan fingerprint density at radius 2 is 2.10 bits per heavy atom. The molecule has 0 aliphatic heterocycles. The van der Waals surface area contributed by atoms with E-state index in [1.807, 2.05) is 32.1 Å². The lowest BCUT2D eigenvalue weighted by Crippen LogP contribution is -2.00. The normalized spacial score (nSPS) is 12.8. The molecule has 104 valence electrons. The van der Waals surface area contributed by atoms with Crippen molar-refractivity contribution in [3.05, 3.63) is 53.1 Å². The summed E-state index contributed by atoms with van der Waals surface area (Å²) < 4.78 is 5.09. The van der Waals surface area contributed by atoms with Crippen LogP contribution in [0.2, 0.25) is 0 Å². The first-order chi connectivity index (χ1) is 9.71. The van der Waals surface area contributed by atoms with E-state index in [2.05, 4.69) is 31.2 Å². The number of carbonyl (C=O) groups excluding carboxylic acids is 1. The van der Waals surface area contributed by atoms with Crippen molar-refractivity contribution in [1.82, 2.24) is 0 Å². The Morgan fingerprint density at radius 3 is 2.75 bits per heavy atom. The van der Waals surface area contributed by atoms with Crippen molar-refractivity contribution in [2.75, 3.05) is 0 Å². The monoisotopic (exact) mass is 268 g/mol. The largest absolute Gasteiger partial charge is 0.460 e. The SMILES string of the molecule is C/C=C\c1cc2c(C(C)OC=O)cccc2cc1CC. The molecule has 0 radical (unpaired) electrons. The molecule has 0 saturated heterocycles. The minimum Gasteiger partial charge on any atom is -0.460 e. The van der Waals surface area contributed by atoms with Gasteiger partial charge in [0.25, 0.3) is 6.47 Å². The zero-order valence-corrected chi connectivity index (χ0v) is 12.2. The lowest BCUT2D eigenvalue weighted by Gasteiger charge is -2.15. The molecule has 0 fully saturated rings. The number of aryl methyl sites for hydroxylation is 1. The first-order valence-corrected chi connectivity index (χ1v) is 6.98. The van der Waals surface area contributed by atoms with Gasteiger partial charge in [-0.05, 0) is 53.8 Å². The molecule has 2 nitrogen and oxygen atoms in total. The van der Waals surface area contributed by atoms with Gasteiger partial charge in [0.15, 0.2) is 0 Å². The van der Waals surface area contributed by atoms with E-state index in [1.54, 1.807) is 0 Å². The molecule has 2 rings (SSSR count). The smallest absolute Gasteiger partial charge is 0.293 e. The van der Waals surface area contributed by atoms with Crippen LogP contribution in [0.15, 0.2) is 36.4 Å². The molecule has 0 N–H and O–H groups in total. The van der Waals surface area contributed by atoms with Crippen LogP contribution in [-0.4, -0.2) is 6.47 Å². The quantitative estimate of drug-likeness (QED) is 0.737. The molecular weight excluding hydrogens is 248 g/mol. The van der Waals surface area contributed by atoms with Gasteiger partial charge in [-0.1, -0.05) is 43.3 Å². The van der Waals surface area contributed by atoms with Crippen molar-refractivity contribution in [1.29, 1.82) is 0 Å². The molecule has 0 aliphatic rings. The van der Waals surface area contributed by atoms with E-state index in [1.165, 1.54) is 16.5 Å². The Kier molecular flexibility index (Phi) is 4.57. The Balaban J connectivity index is 2.66. The molecule has 20 heavy (non-hydrogen) atoms. The molecule has 2 heteroatoms. The second kappa shape index (κ2) is 6.38. The number of allylic oxidation sites excluding steroid dienone is 1. The average molecular weight is 268 g/mol. The van der Waals surface area contributed by atoms with E-state index >= 15 is 0 Å². The molecule has 1 unspecified atom stereocenters. The van der Waals surface area contributed by atoms with Crippen molar-refractivity contribution in [2.24, 2.45) is 0 Å². The fourth-order valence-corrected chi connectivity index (χ4v) is 2.57. The summed E-state index contributed by atoms with van der Waals surface area (Å²) in [6.45, 7) is 6.59. The Labute approximate surface area is 120 Å². The number of hydrogen-bond donors (Lipinski definition) is 0. The van der Waals surface area contributed by atoms with Crippen LogP contribution in [0.1, 0.15) is 43.6 Å². The minimum atomic E-state index is -0.234. The highest BCUT2D eigenvalue weighted by atomic mass is 16.5. The average Bonchev–Trinajstić information content (AvgIpc) is 2.46. The Bertz CT molecular complexity index is 641. The van der Waals surface area contributed by atoms with E-state index in [9.17, 15) is 4.79 Å². The van der Waals surface area contributed by atoms with E-state index in [0.29, 0.717) is 6.47 Å². The topological polar surface area (TPSA) is 26.3 Å². The van der Waals surface area contributed by atoms with E-state index in [4.69, 9.17) is 4.74 Å². The van der Waals surface area contributed by atoms with Crippen LogP contribution < -0.4 is 0 Å². The van der Waals surface area contributed by atoms with Crippen molar-refractivity contribution in [3.63, 3.8) is 0 Å². The lowest BCUT2D eigenvalue weighted by molar-refractivity contribution is -0.133. The second-order valence-corrected chi connectivity index (χ2v) is 4.85. The van der Waals surface area contributed by atoms with Crippen LogP contribution >= 0.6 is 0 Å². The highest BCUT2D eigenvalue weighted by Crippen LogP contribution is 2.29. The van der Waals surface area contributed by atoms with Gasteiger partial charge in [0, 0.05) is 0 Å². The second-order valence-electron chi connectivity index (χ2n) is 4.85. The zero-order valence-electron chi connectivity index (χ0n) is 12.2. The molecule has 0 amide bonds. The van der Waals surface area contributed by atoms with E-state index in [0.717, 1.165) is 17.4 Å². The van der Waals surface area contributed by atoms with Crippen LogP contribution in [0.4, 0.5) is 0 Å². The number of hydrogen-bond acceptors (Lipinski definition) is 2. The zero-order chi connectivity index (χ0) is 14.5. The first kappa shape index (κ1) is 14.3. The van der Waals surface area contributed by atoms with E-state index in [-0.39, 0.29) is 6.10 Å². The maximum atomic E-state index is 10.6. The van der Waals surface area contributed by atoms with Gasteiger partial charge < -0.3 is 4.74 Å². The summed E-state index contributed by atoms with van der Waals surface area (Å²) >= 11 is 0. The molecular formula is C18H20O2. The van der Waals surface area contributed by atoms with E-state index < -0.39 is 0 Å². The predicted octanol–water partition coefficient (Wildman–Crippen LogP) is 4.67. The molecule has 0 heterocycles. The number of ether oxygens (including phenoxy) is 1. The van der Waals surface area contributed by atoms with Crippen LogP contribution in [0.25, 0.3) is 16.8 Å². The van der Waals surface area contributed by atoms with Crippen molar-refractivity contribution in [3.8, 4) is 0 Å². The molecule has 0 saturated carbocycles. The first-order valence-electron chi connectivity index (χ1n) is 6.98. The van der Waals surface area contributed by atoms with Crippen molar-refractivity contribution >= 4 is 23.3 Å². The third-order valence-electron chi connectivity index (χ3n) is 3.60. The van der Waals surface area contributed by atoms with Crippen LogP contribution in [0, 0.1) is 0 Å². The summed E-state index contributed by atoms with van der Waals surface area (Å²) in [5.74, 6) is 0. The van der Waals surface area contributed by atoms with Crippen molar-refractivity contribution < 1.29 is 9.53 Å². The summed E-state index contributed by atoms with van der Waals surface area (Å²) in [6.07, 6.45) is 4.94. The fourth-order valence-electron chi connectivity index (χ4n) is 2.57. The van der Waals surface area contributed by atoms with Crippen LogP contribution in [-0.2, 0) is 16.0 Å². The molecule has 0 spiro atoms. The minimum absolute atomic E-state index is 0.234. The van der Waals surface area contributed by atoms with Gasteiger partial charge in [0.2, 0.25) is 0 Å². The fraction of sp³-hybridized carbons (Fsp3) is 0.278. The third-order valence-corrected chi connectivity index (χ3v) is 3.60. The van der Waals surface area contributed by atoms with Gasteiger partial charge in [-0.3, -0.25) is 4.79 Å². The molecule has 0 bridgehead atoms. The van der Waals surface area contributed by atoms with Gasteiger partial charge in [-0.15, -0.1) is 0 Å². The van der Waals surface area contributed by atoms with Crippen molar-refractivity contribution in [2.45, 2.75) is 33.3 Å². The molecule has 1 atom stereocenters. The third kappa shape index (κ3) is 2.74. The van der Waals surface area contributed by atoms with Gasteiger partial charge in [-0.2, -0.15) is 0 Å². The number of fused-ring (bicyclic) bond motifs is 1. The van der Waals surface area contributed by atoms with Gasteiger partial charge in [0.1, 0.15) is 6.10 Å². The summed E-state index contributed by atoms with van der Waals surface area (Å²) in [4.78, 5) is 10.6. The standard InChI is InChI=1S/C18H20O2/c1-4-7-15-11-18-16(10-14(15)5-2)8-6-9-17(18)13(3)20-12-19/h4,6-13H,5H2,1-3H3/b7-4-. The summed E-state index contributed by atoms with van der Waals surface area (Å²) in [6, 6.07) is 10.5. The van der Waals surface area contributed by atoms with Crippen LogP contribution in [0.5, 0.6) is 0 Å². The van der Waals surface area contributed by atoms with Gasteiger partial charge in [-0.25, -0.2) is 0 Å². The predicted molar refractivity (Wildman–Crippen MR) is 83.6 cm³/mol. The van der Waals surface area contributed by atoms with Gasteiger partial charge >= 0.3 is 0 Å². The summed E-state index contributed by atoms with van der Waals surface area (Å²) in [5.41, 5.74) is 3.60. The summed E-state index contributed by atoms with van der Waals surface area (Å²) in [5, 5.41) is 2.33. The molecule has 0 aliphatic carbocycles. The lowest BCUT2D eigenvalue weighted by atomic mass is 9.94. The Morgan fingerprint density at radius 1 is 1.30 bits per heavy atom. The number of rotatable bonds is 5. The maximum Gasteiger partial charge on any atom is 0.293 e. The number of benzene rings is 2. The molecule has 0 aromatic heterocycles. The number of carbonyl (C=O) groups is 1. The maximum absolute atomic E-state index is 10.6. The highest BCUT2D eigenvalue weighted by Gasteiger charge is 2.11. The molecule has 2 aromatic rings. The summed E-state index contributed by atoms with van der Waals surface area (Å²) in [7, 11) is 0.